The van der Waals surface area contributed by atoms with Crippen LogP contribution in [0.3, 0.4) is 0 Å². The van der Waals surface area contributed by atoms with Gasteiger partial charge in [-0.25, -0.2) is 4.98 Å². The Morgan fingerprint density at radius 3 is 2.81 bits per heavy atom. The summed E-state index contributed by atoms with van der Waals surface area (Å²) in [6.07, 6.45) is 1.57. The molecule has 21 heavy (non-hydrogen) atoms. The Balaban J connectivity index is 1.71. The number of benzene rings is 2. The Bertz CT molecular complexity index is 812. The molecule has 0 bridgehead atoms. The Kier molecular flexibility index (Phi) is 4.39. The molecule has 5 heteroatoms. The number of ketones is 1. The monoisotopic (exact) mass is 331 g/mol. The average molecular weight is 332 g/mol. The maximum atomic E-state index is 11.9. The predicted molar refractivity (Wildman–Crippen MR) is 90.4 cm³/mol. The first-order valence-electron chi connectivity index (χ1n) is 6.21. The van der Waals surface area contributed by atoms with Gasteiger partial charge in [0.05, 0.1) is 10.2 Å². The first-order chi connectivity index (χ1) is 10.2. The lowest BCUT2D eigenvalue weighted by Crippen LogP contribution is -1.92. The molecule has 0 amide bonds. The van der Waals surface area contributed by atoms with Crippen molar-refractivity contribution in [2.24, 2.45) is 0 Å². The molecule has 0 spiro atoms. The normalized spacial score (nSPS) is 11.3. The molecular weight excluding hydrogens is 322 g/mol. The summed E-state index contributed by atoms with van der Waals surface area (Å²) < 4.78 is 1.98. The van der Waals surface area contributed by atoms with Crippen molar-refractivity contribution in [3.63, 3.8) is 0 Å². The third-order valence-electron chi connectivity index (χ3n) is 2.78. The van der Waals surface area contributed by atoms with E-state index in [2.05, 4.69) is 4.98 Å². The maximum absolute atomic E-state index is 11.9. The van der Waals surface area contributed by atoms with Gasteiger partial charge in [-0.15, -0.1) is 11.3 Å². The van der Waals surface area contributed by atoms with Gasteiger partial charge in [-0.05, 0) is 29.7 Å². The van der Waals surface area contributed by atoms with Crippen LogP contribution in [0.2, 0.25) is 5.02 Å². The quantitative estimate of drug-likeness (QED) is 0.362. The number of fused-ring (bicyclic) bond motifs is 1. The molecule has 0 N–H and O–H groups in total. The summed E-state index contributed by atoms with van der Waals surface area (Å²) in [5, 5.41) is 2.45. The van der Waals surface area contributed by atoms with Crippen LogP contribution in [0.1, 0.15) is 10.4 Å². The molecule has 0 saturated heterocycles. The van der Waals surface area contributed by atoms with E-state index in [-0.39, 0.29) is 5.78 Å². The number of carbonyl (C=O) groups is 1. The minimum absolute atomic E-state index is 0.00717. The summed E-state index contributed by atoms with van der Waals surface area (Å²) in [5.41, 5.74) is 1.57. The van der Waals surface area contributed by atoms with Crippen molar-refractivity contribution in [1.29, 1.82) is 0 Å². The van der Waals surface area contributed by atoms with Gasteiger partial charge in [-0.1, -0.05) is 53.7 Å². The zero-order valence-electron chi connectivity index (χ0n) is 10.8. The van der Waals surface area contributed by atoms with E-state index in [0.717, 1.165) is 14.6 Å². The molecule has 0 aliphatic heterocycles. The summed E-state index contributed by atoms with van der Waals surface area (Å²) in [4.78, 5) is 16.4. The standard InChI is InChI=1S/C16H10ClNOS2/c17-12-6-7-15-13(10-12)18-16(21-15)20-9-8-14(19)11-4-2-1-3-5-11/h1-10H/b9-8+. The summed E-state index contributed by atoms with van der Waals surface area (Å²) >= 11 is 8.96. The van der Waals surface area contributed by atoms with E-state index >= 15 is 0 Å². The Morgan fingerprint density at radius 1 is 1.19 bits per heavy atom. The number of nitrogens with zero attached hydrogens (tertiary/aromatic N) is 1. The van der Waals surface area contributed by atoms with E-state index in [0.29, 0.717) is 10.6 Å². The van der Waals surface area contributed by atoms with E-state index in [9.17, 15) is 4.79 Å². The van der Waals surface area contributed by atoms with Gasteiger partial charge in [-0.2, -0.15) is 0 Å². The minimum Gasteiger partial charge on any atom is -0.289 e. The van der Waals surface area contributed by atoms with Crippen LogP contribution in [0.15, 0.2) is 64.4 Å². The smallest absolute Gasteiger partial charge is 0.186 e. The lowest BCUT2D eigenvalue weighted by molar-refractivity contribution is 0.104. The molecule has 0 aliphatic rings. The van der Waals surface area contributed by atoms with Gasteiger partial charge in [0, 0.05) is 10.6 Å². The topological polar surface area (TPSA) is 30.0 Å². The molecule has 1 aromatic heterocycles. The second-order valence-corrected chi connectivity index (χ2v) is 6.86. The fourth-order valence-electron chi connectivity index (χ4n) is 1.78. The zero-order chi connectivity index (χ0) is 14.7. The van der Waals surface area contributed by atoms with Crippen molar-refractivity contribution in [2.75, 3.05) is 0 Å². The Hall–Kier alpha value is -1.62. The van der Waals surface area contributed by atoms with Gasteiger partial charge in [0.25, 0.3) is 0 Å². The van der Waals surface area contributed by atoms with E-state index in [1.807, 2.05) is 36.4 Å². The summed E-state index contributed by atoms with van der Waals surface area (Å²) in [5.74, 6) is -0.00717. The van der Waals surface area contributed by atoms with E-state index in [1.54, 1.807) is 35.0 Å². The highest BCUT2D eigenvalue weighted by Gasteiger charge is 2.04. The molecule has 1 heterocycles. The Labute approximate surface area is 135 Å². The largest absolute Gasteiger partial charge is 0.289 e. The van der Waals surface area contributed by atoms with Crippen LogP contribution in [0.5, 0.6) is 0 Å². The lowest BCUT2D eigenvalue weighted by Gasteiger charge is -1.93. The van der Waals surface area contributed by atoms with Crippen LogP contribution in [-0.2, 0) is 0 Å². The molecule has 3 rings (SSSR count). The van der Waals surface area contributed by atoms with E-state index < -0.39 is 0 Å². The molecule has 0 atom stereocenters. The number of aromatic nitrogens is 1. The number of halogens is 1. The molecule has 0 unspecified atom stereocenters. The Morgan fingerprint density at radius 2 is 2.00 bits per heavy atom. The molecule has 104 valence electrons. The first kappa shape index (κ1) is 14.3. The molecule has 0 fully saturated rings. The van der Waals surface area contributed by atoms with E-state index in [1.165, 1.54) is 11.8 Å². The van der Waals surface area contributed by atoms with Gasteiger partial charge in [0.15, 0.2) is 10.1 Å². The fraction of sp³-hybridized carbons (Fsp3) is 0. The number of thiazole rings is 1. The summed E-state index contributed by atoms with van der Waals surface area (Å²) in [6, 6.07) is 14.9. The molecule has 2 nitrogen and oxygen atoms in total. The van der Waals surface area contributed by atoms with Crippen LogP contribution >= 0.6 is 34.7 Å². The second kappa shape index (κ2) is 6.43. The van der Waals surface area contributed by atoms with E-state index in [4.69, 9.17) is 11.6 Å². The highest BCUT2D eigenvalue weighted by molar-refractivity contribution is 8.03. The third-order valence-corrected chi connectivity index (χ3v) is 4.95. The zero-order valence-corrected chi connectivity index (χ0v) is 13.2. The molecular formula is C16H10ClNOS2. The second-order valence-electron chi connectivity index (χ2n) is 4.24. The molecule has 0 aliphatic carbocycles. The third kappa shape index (κ3) is 3.53. The summed E-state index contributed by atoms with van der Waals surface area (Å²) in [6.45, 7) is 0. The van der Waals surface area contributed by atoms with Crippen molar-refractivity contribution >= 4 is 50.7 Å². The van der Waals surface area contributed by atoms with Crippen LogP contribution in [0.4, 0.5) is 0 Å². The van der Waals surface area contributed by atoms with Gasteiger partial charge >= 0.3 is 0 Å². The van der Waals surface area contributed by atoms with Gasteiger partial charge in [0.1, 0.15) is 0 Å². The van der Waals surface area contributed by atoms with Crippen LogP contribution in [0.25, 0.3) is 10.2 Å². The first-order valence-corrected chi connectivity index (χ1v) is 8.28. The molecule has 0 radical (unpaired) electrons. The van der Waals surface area contributed by atoms with Crippen LogP contribution < -0.4 is 0 Å². The van der Waals surface area contributed by atoms with Crippen molar-refractivity contribution in [3.8, 4) is 0 Å². The molecule has 2 aromatic carbocycles. The van der Waals surface area contributed by atoms with Crippen molar-refractivity contribution in [3.05, 3.63) is 70.6 Å². The number of hydrogen-bond acceptors (Lipinski definition) is 4. The molecule has 0 saturated carbocycles. The number of carbonyl (C=O) groups excluding carboxylic acids is 1. The van der Waals surface area contributed by atoms with Gasteiger partial charge in [0.2, 0.25) is 0 Å². The predicted octanol–water partition coefficient (Wildman–Crippen LogP) is 5.44. The summed E-state index contributed by atoms with van der Waals surface area (Å²) in [7, 11) is 0. The van der Waals surface area contributed by atoms with Crippen LogP contribution in [0, 0.1) is 0 Å². The lowest BCUT2D eigenvalue weighted by atomic mass is 10.1. The number of rotatable bonds is 4. The van der Waals surface area contributed by atoms with Crippen molar-refractivity contribution in [1.82, 2.24) is 4.98 Å². The molecule has 3 aromatic rings. The van der Waals surface area contributed by atoms with Gasteiger partial charge < -0.3 is 0 Å². The maximum Gasteiger partial charge on any atom is 0.186 e. The average Bonchev–Trinajstić information content (AvgIpc) is 2.89. The number of thioether (sulfide) groups is 1. The number of allylic oxidation sites excluding steroid dienone is 1. The van der Waals surface area contributed by atoms with Crippen molar-refractivity contribution in [2.45, 2.75) is 4.34 Å². The highest BCUT2D eigenvalue weighted by Crippen LogP contribution is 2.31. The highest BCUT2D eigenvalue weighted by atomic mass is 35.5. The number of hydrogen-bond donors (Lipinski definition) is 0. The van der Waals surface area contributed by atoms with Crippen LogP contribution in [-0.4, -0.2) is 10.8 Å². The van der Waals surface area contributed by atoms with Crippen molar-refractivity contribution < 1.29 is 4.79 Å². The minimum atomic E-state index is -0.00717. The van der Waals surface area contributed by atoms with Gasteiger partial charge in [-0.3, -0.25) is 4.79 Å². The fourth-order valence-corrected chi connectivity index (χ4v) is 3.71. The SMILES string of the molecule is O=C(/C=C/Sc1nc2cc(Cl)ccc2s1)c1ccccc1.